The van der Waals surface area contributed by atoms with Gasteiger partial charge in [-0.25, -0.2) is 4.39 Å². The van der Waals surface area contributed by atoms with Crippen molar-refractivity contribution in [1.29, 1.82) is 15.8 Å². The molecule has 0 bridgehead atoms. The van der Waals surface area contributed by atoms with Crippen molar-refractivity contribution in [2.45, 2.75) is 25.2 Å². The summed E-state index contributed by atoms with van der Waals surface area (Å²) < 4.78 is 14.5. The molecule has 0 fully saturated rings. The topological polar surface area (TPSA) is 97.4 Å². The maximum Gasteiger partial charge on any atom is 0.187 e. The van der Waals surface area contributed by atoms with Gasteiger partial charge in [-0.15, -0.1) is 0 Å². The highest BCUT2D eigenvalue weighted by molar-refractivity contribution is 5.59. The highest BCUT2D eigenvalue weighted by atomic mass is 19.1. The Morgan fingerprint density at radius 3 is 2.50 bits per heavy atom. The van der Waals surface area contributed by atoms with Gasteiger partial charge in [0.1, 0.15) is 5.82 Å². The van der Waals surface area contributed by atoms with E-state index in [-0.39, 0.29) is 17.2 Å². The second-order valence-corrected chi connectivity index (χ2v) is 6.13. The van der Waals surface area contributed by atoms with E-state index < -0.39 is 17.2 Å². The standard InChI is InChI=1S/C19H15FN4/c20-16-8-4-3-7-14(16)17-12-5-1-2-6-13(12)18(24)15(9-21)19(17,10-22)11-23/h3-4,6-8,12,17H,1-2,5,24H2/t12-,17-/m0/s1. The molecule has 2 N–H and O–H groups in total. The molecule has 0 amide bonds. The number of benzene rings is 1. The Labute approximate surface area is 139 Å². The minimum atomic E-state index is -1.78. The number of hydrogen-bond acceptors (Lipinski definition) is 4. The highest BCUT2D eigenvalue weighted by Gasteiger charge is 2.54. The number of fused-ring (bicyclic) bond motifs is 1. The zero-order chi connectivity index (χ0) is 17.3. The molecule has 4 nitrogen and oxygen atoms in total. The van der Waals surface area contributed by atoms with Crippen LogP contribution in [-0.2, 0) is 0 Å². The molecule has 1 aromatic rings. The van der Waals surface area contributed by atoms with Gasteiger partial charge in [0.25, 0.3) is 0 Å². The first-order chi connectivity index (χ1) is 11.6. The fourth-order valence-electron chi connectivity index (χ4n) is 3.97. The summed E-state index contributed by atoms with van der Waals surface area (Å²) in [6, 6.07) is 12.1. The average Bonchev–Trinajstić information content (AvgIpc) is 2.62. The van der Waals surface area contributed by atoms with Crippen LogP contribution in [0.2, 0.25) is 0 Å². The number of nitriles is 3. The molecule has 0 aromatic heterocycles. The van der Waals surface area contributed by atoms with E-state index in [9.17, 15) is 20.2 Å². The van der Waals surface area contributed by atoms with Crippen LogP contribution in [0.5, 0.6) is 0 Å². The summed E-state index contributed by atoms with van der Waals surface area (Å²) in [7, 11) is 0. The third-order valence-electron chi connectivity index (χ3n) is 5.03. The normalized spacial score (nSPS) is 24.8. The van der Waals surface area contributed by atoms with Gasteiger partial charge >= 0.3 is 0 Å². The predicted molar refractivity (Wildman–Crippen MR) is 85.1 cm³/mol. The third-order valence-corrected chi connectivity index (χ3v) is 5.03. The van der Waals surface area contributed by atoms with Crippen LogP contribution in [-0.4, -0.2) is 0 Å². The highest BCUT2D eigenvalue weighted by Crippen LogP contribution is 2.56. The Morgan fingerprint density at radius 2 is 1.88 bits per heavy atom. The fourth-order valence-corrected chi connectivity index (χ4v) is 3.97. The lowest BCUT2D eigenvalue weighted by Gasteiger charge is -2.43. The molecular weight excluding hydrogens is 303 g/mol. The Hall–Kier alpha value is -3.10. The zero-order valence-electron chi connectivity index (χ0n) is 13.0. The zero-order valence-corrected chi connectivity index (χ0v) is 13.0. The van der Waals surface area contributed by atoms with E-state index >= 15 is 0 Å². The number of rotatable bonds is 1. The summed E-state index contributed by atoms with van der Waals surface area (Å²) in [5.41, 5.74) is 5.57. The van der Waals surface area contributed by atoms with E-state index in [4.69, 9.17) is 5.73 Å². The molecule has 2 atom stereocenters. The first-order valence-corrected chi connectivity index (χ1v) is 7.78. The SMILES string of the molecule is N#CC1=C(N)C2=CCCC[C@@H]2[C@@H](c2ccccc2F)C1(C#N)C#N. The lowest BCUT2D eigenvalue weighted by Crippen LogP contribution is -2.41. The molecule has 0 heterocycles. The summed E-state index contributed by atoms with van der Waals surface area (Å²) in [5.74, 6) is -1.46. The Bertz CT molecular complexity index is 862. The average molecular weight is 318 g/mol. The van der Waals surface area contributed by atoms with Crippen LogP contribution in [0, 0.1) is 51.1 Å². The van der Waals surface area contributed by atoms with E-state index in [0.29, 0.717) is 12.0 Å². The molecule has 2 aliphatic carbocycles. The Morgan fingerprint density at radius 1 is 1.17 bits per heavy atom. The van der Waals surface area contributed by atoms with Gasteiger partial charge in [-0.05, 0) is 42.4 Å². The van der Waals surface area contributed by atoms with Crippen LogP contribution in [0.3, 0.4) is 0 Å². The van der Waals surface area contributed by atoms with Crippen LogP contribution in [0.1, 0.15) is 30.7 Å². The maximum atomic E-state index is 14.5. The summed E-state index contributed by atoms with van der Waals surface area (Å²) in [5, 5.41) is 29.2. The molecule has 0 saturated carbocycles. The van der Waals surface area contributed by atoms with Gasteiger partial charge in [0.15, 0.2) is 5.41 Å². The molecule has 24 heavy (non-hydrogen) atoms. The van der Waals surface area contributed by atoms with Gasteiger partial charge in [-0.1, -0.05) is 24.3 Å². The number of hydrogen-bond donors (Lipinski definition) is 1. The van der Waals surface area contributed by atoms with Crippen molar-refractivity contribution >= 4 is 0 Å². The van der Waals surface area contributed by atoms with Crippen LogP contribution >= 0.6 is 0 Å². The molecule has 2 aliphatic rings. The number of halogens is 1. The molecule has 0 spiro atoms. The predicted octanol–water partition coefficient (Wildman–Crippen LogP) is 3.42. The van der Waals surface area contributed by atoms with Gasteiger partial charge in [0.2, 0.25) is 0 Å². The number of allylic oxidation sites excluding steroid dienone is 3. The molecule has 118 valence electrons. The van der Waals surface area contributed by atoms with Crippen molar-refractivity contribution in [3.63, 3.8) is 0 Å². The van der Waals surface area contributed by atoms with Crippen molar-refractivity contribution < 1.29 is 4.39 Å². The number of nitrogens with zero attached hydrogens (tertiary/aromatic N) is 3. The van der Waals surface area contributed by atoms with Gasteiger partial charge in [0.05, 0.1) is 29.5 Å². The molecule has 0 saturated heterocycles. The maximum absolute atomic E-state index is 14.5. The van der Waals surface area contributed by atoms with Gasteiger partial charge in [-0.3, -0.25) is 0 Å². The van der Waals surface area contributed by atoms with Gasteiger partial charge in [0, 0.05) is 5.92 Å². The minimum Gasteiger partial charge on any atom is -0.398 e. The van der Waals surface area contributed by atoms with E-state index in [1.54, 1.807) is 18.2 Å². The van der Waals surface area contributed by atoms with Crippen LogP contribution in [0.25, 0.3) is 0 Å². The van der Waals surface area contributed by atoms with Crippen LogP contribution in [0.15, 0.2) is 47.2 Å². The van der Waals surface area contributed by atoms with Gasteiger partial charge in [-0.2, -0.15) is 15.8 Å². The van der Waals surface area contributed by atoms with E-state index in [2.05, 4.69) is 0 Å². The molecule has 3 rings (SSSR count). The van der Waals surface area contributed by atoms with Crippen molar-refractivity contribution in [3.05, 3.63) is 58.6 Å². The first-order valence-electron chi connectivity index (χ1n) is 7.78. The van der Waals surface area contributed by atoms with E-state index in [1.807, 2.05) is 24.3 Å². The molecular formula is C19H15FN4. The third kappa shape index (κ3) is 2.01. The number of nitrogens with two attached hydrogens (primary N) is 1. The summed E-state index contributed by atoms with van der Waals surface area (Å²) >= 11 is 0. The summed E-state index contributed by atoms with van der Waals surface area (Å²) in [6.07, 6.45) is 4.35. The molecule has 0 unspecified atom stereocenters. The summed E-state index contributed by atoms with van der Waals surface area (Å²) in [4.78, 5) is 0. The van der Waals surface area contributed by atoms with E-state index in [1.165, 1.54) is 6.07 Å². The van der Waals surface area contributed by atoms with Crippen molar-refractivity contribution in [2.75, 3.05) is 0 Å². The van der Waals surface area contributed by atoms with Crippen LogP contribution in [0.4, 0.5) is 4.39 Å². The Balaban J connectivity index is 2.37. The Kier molecular flexibility index (Phi) is 3.84. The monoisotopic (exact) mass is 318 g/mol. The smallest absolute Gasteiger partial charge is 0.187 e. The molecule has 0 radical (unpaired) electrons. The van der Waals surface area contributed by atoms with E-state index in [0.717, 1.165) is 18.4 Å². The second kappa shape index (κ2) is 5.84. The molecule has 0 aliphatic heterocycles. The lowest BCUT2D eigenvalue weighted by atomic mass is 9.56. The second-order valence-electron chi connectivity index (χ2n) is 6.13. The van der Waals surface area contributed by atoms with Crippen molar-refractivity contribution in [1.82, 2.24) is 0 Å². The van der Waals surface area contributed by atoms with Crippen molar-refractivity contribution in [2.24, 2.45) is 17.1 Å². The largest absolute Gasteiger partial charge is 0.398 e. The molecule has 1 aromatic carbocycles. The van der Waals surface area contributed by atoms with Crippen LogP contribution < -0.4 is 5.73 Å². The van der Waals surface area contributed by atoms with Crippen molar-refractivity contribution in [3.8, 4) is 18.2 Å². The summed E-state index contributed by atoms with van der Waals surface area (Å²) in [6.45, 7) is 0. The minimum absolute atomic E-state index is 0.0647. The molecule has 5 heteroatoms. The first kappa shape index (κ1) is 15.8. The lowest BCUT2D eigenvalue weighted by molar-refractivity contribution is 0.314. The van der Waals surface area contributed by atoms with Gasteiger partial charge < -0.3 is 5.73 Å². The quantitative estimate of drug-likeness (QED) is 0.857. The fraction of sp³-hybridized carbons (Fsp3) is 0.316.